The molecule has 0 saturated heterocycles. The van der Waals surface area contributed by atoms with Crippen LogP contribution in [-0.2, 0) is 0 Å². The third kappa shape index (κ3) is 7.21. The first-order valence-corrected chi connectivity index (χ1v) is 25.0. The van der Waals surface area contributed by atoms with Crippen LogP contribution in [0.2, 0.25) is 0 Å². The Bertz CT molecular complexity index is 4200. The molecule has 0 aliphatic carbocycles. The number of rotatable bonds is 9. The lowest BCUT2D eigenvalue weighted by atomic mass is 9.89. The maximum Gasteiger partial charge on any atom is 0.138 e. The van der Waals surface area contributed by atoms with Crippen molar-refractivity contribution in [3.63, 3.8) is 0 Å². The second kappa shape index (κ2) is 17.6. The van der Waals surface area contributed by atoms with E-state index in [-0.39, 0.29) is 0 Å². The summed E-state index contributed by atoms with van der Waals surface area (Å²) in [4.78, 5) is 4.82. The van der Waals surface area contributed by atoms with Crippen LogP contribution in [0.5, 0.6) is 0 Å². The zero-order valence-corrected chi connectivity index (χ0v) is 39.9. The van der Waals surface area contributed by atoms with E-state index in [0.29, 0.717) is 0 Å². The Kier molecular flexibility index (Phi) is 10.2. The average Bonchev–Trinajstić information content (AvgIpc) is 3.86. The van der Waals surface area contributed by atoms with Crippen LogP contribution in [0.25, 0.3) is 98.4 Å². The summed E-state index contributed by atoms with van der Waals surface area (Å²) in [6.07, 6.45) is 0. The molecule has 1 aromatic heterocycles. The van der Waals surface area contributed by atoms with E-state index >= 15 is 0 Å². The maximum absolute atomic E-state index is 6.88. The molecule has 1 heterocycles. The first-order valence-electron chi connectivity index (χ1n) is 25.0. The predicted molar refractivity (Wildman–Crippen MR) is 309 cm³/mol. The van der Waals surface area contributed by atoms with Crippen molar-refractivity contribution in [1.82, 2.24) is 0 Å². The summed E-state index contributed by atoms with van der Waals surface area (Å²) >= 11 is 0. The van der Waals surface area contributed by atoms with Crippen molar-refractivity contribution in [2.24, 2.45) is 0 Å². The van der Waals surface area contributed by atoms with E-state index in [9.17, 15) is 0 Å². The van der Waals surface area contributed by atoms with Crippen LogP contribution in [0.15, 0.2) is 283 Å². The van der Waals surface area contributed by atoms with Gasteiger partial charge in [0.05, 0.1) is 11.4 Å². The lowest BCUT2D eigenvalue weighted by Crippen LogP contribution is -2.12. The molecule has 14 rings (SSSR count). The highest BCUT2D eigenvalue weighted by Crippen LogP contribution is 2.52. The Morgan fingerprint density at radius 2 is 0.644 bits per heavy atom. The number of benzene rings is 13. The number of anilines is 6. The van der Waals surface area contributed by atoms with Crippen LogP contribution in [0.4, 0.5) is 34.1 Å². The Morgan fingerprint density at radius 3 is 1.19 bits per heavy atom. The lowest BCUT2D eigenvalue weighted by Gasteiger charge is -2.30. The summed E-state index contributed by atoms with van der Waals surface area (Å²) in [5, 5.41) is 11.7. The number of hydrogen-bond donors (Lipinski definition) is 0. The zero-order valence-electron chi connectivity index (χ0n) is 39.9. The fourth-order valence-electron chi connectivity index (χ4n) is 11.3. The molecule has 0 bridgehead atoms. The van der Waals surface area contributed by atoms with Crippen molar-refractivity contribution < 1.29 is 4.42 Å². The number of hydrogen-bond acceptors (Lipinski definition) is 3. The van der Waals surface area contributed by atoms with Crippen LogP contribution >= 0.6 is 0 Å². The molecule has 0 aliphatic heterocycles. The van der Waals surface area contributed by atoms with Crippen LogP contribution < -0.4 is 9.80 Å². The quantitative estimate of drug-likeness (QED) is 0.135. The molecular weight excluding hydrogens is 885 g/mol. The molecule has 0 saturated carbocycles. The van der Waals surface area contributed by atoms with E-state index in [4.69, 9.17) is 4.42 Å². The van der Waals surface area contributed by atoms with Gasteiger partial charge in [0.1, 0.15) is 11.2 Å². The fourth-order valence-corrected chi connectivity index (χ4v) is 11.3. The van der Waals surface area contributed by atoms with E-state index in [1.54, 1.807) is 0 Å². The van der Waals surface area contributed by atoms with E-state index in [0.717, 1.165) is 83.2 Å². The van der Waals surface area contributed by atoms with Crippen molar-refractivity contribution >= 4 is 99.2 Å². The van der Waals surface area contributed by atoms with E-state index in [1.807, 2.05) is 0 Å². The number of fused-ring (bicyclic) bond motifs is 9. The van der Waals surface area contributed by atoms with Gasteiger partial charge >= 0.3 is 0 Å². The van der Waals surface area contributed by atoms with E-state index in [2.05, 4.69) is 289 Å². The highest BCUT2D eigenvalue weighted by Gasteiger charge is 2.26. The second-order valence-electron chi connectivity index (χ2n) is 18.8. The summed E-state index contributed by atoms with van der Waals surface area (Å²) < 4.78 is 6.88. The van der Waals surface area contributed by atoms with Gasteiger partial charge in [0, 0.05) is 55.7 Å². The molecule has 0 atom stereocenters. The molecular formula is C70H46N2O. The van der Waals surface area contributed by atoms with Gasteiger partial charge in [-0.05, 0) is 115 Å². The number of para-hydroxylation sites is 1. The van der Waals surface area contributed by atoms with Gasteiger partial charge in [0.25, 0.3) is 0 Å². The van der Waals surface area contributed by atoms with E-state index < -0.39 is 0 Å². The molecule has 342 valence electrons. The fraction of sp³-hybridized carbons (Fsp3) is 0. The maximum atomic E-state index is 6.88. The molecule has 0 spiro atoms. The zero-order chi connectivity index (χ0) is 48.2. The SMILES string of the molecule is c1ccc(-c2ccc(N(c3ccc(-c4ccccc4)cc3)c3ccc(-c4c5ccccc5c(N(c5ccccc5)c5cc6oc7ccc8ccccc8c7c6c6ccccc56)c5ccccc45)cc3)cc2)cc1. The topological polar surface area (TPSA) is 19.6 Å². The first kappa shape index (κ1) is 42.2. The lowest BCUT2D eigenvalue weighted by molar-refractivity contribution is 0.669. The highest BCUT2D eigenvalue weighted by molar-refractivity contribution is 6.30. The normalized spacial score (nSPS) is 11.6. The average molecular weight is 931 g/mol. The molecule has 14 aromatic rings. The standard InChI is InChI=1S/C70H46N2O/c1-4-18-47(19-5-1)49-32-39-54(40-33-49)71(55-41-34-50(35-42-55)48-20-6-2-7-21-48)56-43-36-52(37-44-56)67-60-28-14-16-30-62(60)70(63-31-17-15-29-61(63)67)72(53-23-8-3-9-24-53)64-46-66-69(59-27-13-12-26-58(59)64)68-57-25-11-10-22-51(57)38-45-65(68)73-66/h1-46H. The predicted octanol–water partition coefficient (Wildman–Crippen LogP) is 20.1. The first-order chi connectivity index (χ1) is 36.2. The van der Waals surface area contributed by atoms with Gasteiger partial charge in [-0.15, -0.1) is 0 Å². The van der Waals surface area contributed by atoms with Crippen molar-refractivity contribution in [3.8, 4) is 33.4 Å². The molecule has 3 heteroatoms. The Morgan fingerprint density at radius 1 is 0.247 bits per heavy atom. The van der Waals surface area contributed by atoms with Gasteiger partial charge in [-0.2, -0.15) is 0 Å². The summed E-state index contributed by atoms with van der Waals surface area (Å²) in [5.74, 6) is 0. The summed E-state index contributed by atoms with van der Waals surface area (Å²) in [5.41, 5.74) is 15.3. The minimum Gasteiger partial charge on any atom is -0.456 e. The smallest absolute Gasteiger partial charge is 0.138 e. The molecule has 0 amide bonds. The van der Waals surface area contributed by atoms with Gasteiger partial charge in [0.15, 0.2) is 0 Å². The van der Waals surface area contributed by atoms with Crippen LogP contribution in [0.3, 0.4) is 0 Å². The largest absolute Gasteiger partial charge is 0.456 e. The molecule has 0 fully saturated rings. The summed E-state index contributed by atoms with van der Waals surface area (Å²) in [7, 11) is 0. The Balaban J connectivity index is 0.943. The minimum atomic E-state index is 0.861. The van der Waals surface area contributed by atoms with Gasteiger partial charge < -0.3 is 14.2 Å². The summed E-state index contributed by atoms with van der Waals surface area (Å²) in [6.45, 7) is 0. The Labute approximate surface area is 423 Å². The van der Waals surface area contributed by atoms with Gasteiger partial charge in [-0.1, -0.05) is 218 Å². The molecule has 0 aliphatic rings. The minimum absolute atomic E-state index is 0.861. The third-order valence-electron chi connectivity index (χ3n) is 14.6. The Hall–Kier alpha value is -9.70. The van der Waals surface area contributed by atoms with Crippen LogP contribution in [0.1, 0.15) is 0 Å². The molecule has 3 nitrogen and oxygen atoms in total. The third-order valence-corrected chi connectivity index (χ3v) is 14.6. The highest BCUT2D eigenvalue weighted by atomic mass is 16.3. The van der Waals surface area contributed by atoms with Crippen molar-refractivity contribution in [1.29, 1.82) is 0 Å². The van der Waals surface area contributed by atoms with Crippen molar-refractivity contribution in [2.45, 2.75) is 0 Å². The van der Waals surface area contributed by atoms with E-state index in [1.165, 1.54) is 49.4 Å². The number of nitrogens with zero attached hydrogens (tertiary/aromatic N) is 2. The second-order valence-corrected chi connectivity index (χ2v) is 18.8. The van der Waals surface area contributed by atoms with Gasteiger partial charge in [-0.3, -0.25) is 0 Å². The number of furan rings is 1. The van der Waals surface area contributed by atoms with Gasteiger partial charge in [-0.25, -0.2) is 0 Å². The van der Waals surface area contributed by atoms with Crippen LogP contribution in [-0.4, -0.2) is 0 Å². The van der Waals surface area contributed by atoms with Gasteiger partial charge in [0.2, 0.25) is 0 Å². The molecule has 0 unspecified atom stereocenters. The molecule has 0 radical (unpaired) electrons. The van der Waals surface area contributed by atoms with Crippen LogP contribution in [0, 0.1) is 0 Å². The molecule has 0 N–H and O–H groups in total. The monoisotopic (exact) mass is 930 g/mol. The van der Waals surface area contributed by atoms with Crippen molar-refractivity contribution in [2.75, 3.05) is 9.80 Å². The molecule has 13 aromatic carbocycles. The summed E-state index contributed by atoms with van der Waals surface area (Å²) in [6, 6.07) is 101. The van der Waals surface area contributed by atoms with Crippen molar-refractivity contribution in [3.05, 3.63) is 279 Å². The molecule has 73 heavy (non-hydrogen) atoms.